The first-order chi connectivity index (χ1) is 18.9. The molecule has 2 rings (SSSR count). The van der Waals surface area contributed by atoms with Gasteiger partial charge in [-0.3, -0.25) is 0 Å². The molecule has 0 saturated heterocycles. The normalized spacial score (nSPS) is 11.4. The molecule has 2 aromatic rings. The van der Waals surface area contributed by atoms with Gasteiger partial charge in [0.2, 0.25) is 0 Å². The van der Waals surface area contributed by atoms with Gasteiger partial charge in [-0.15, -0.1) is 0 Å². The maximum atomic E-state index is 2.52. The molecule has 0 radical (unpaired) electrons. The molecule has 2 nitrogen and oxygen atoms in total. The minimum atomic E-state index is 1.15. The lowest BCUT2D eigenvalue weighted by Crippen LogP contribution is -2.34. The predicted octanol–water partition coefficient (Wildman–Crippen LogP) is 11.5. The van der Waals surface area contributed by atoms with Crippen molar-refractivity contribution in [3.05, 3.63) is 42.7 Å². The molecule has 0 fully saturated rings. The molecule has 0 unspecified atom stereocenters. The van der Waals surface area contributed by atoms with Crippen molar-refractivity contribution in [1.29, 1.82) is 0 Å². The van der Waals surface area contributed by atoms with Gasteiger partial charge in [-0.05, 0) is 37.8 Å². The lowest BCUT2D eigenvalue weighted by Gasteiger charge is -2.07. The second kappa shape index (κ2) is 23.3. The van der Waals surface area contributed by atoms with E-state index in [4.69, 9.17) is 0 Å². The predicted molar refractivity (Wildman–Crippen MR) is 168 cm³/mol. The summed E-state index contributed by atoms with van der Waals surface area (Å²) in [5.41, 5.74) is 1.36. The first-order valence-electron chi connectivity index (χ1n) is 17.0. The van der Waals surface area contributed by atoms with E-state index < -0.39 is 0 Å². The topological polar surface area (TPSA) is 8.81 Å². The fourth-order valence-corrected chi connectivity index (χ4v) is 5.82. The molecule has 0 bridgehead atoms. The molecule has 0 spiro atoms. The Balaban J connectivity index is 1.63. The molecular weight excluding hydrogens is 460 g/mol. The van der Waals surface area contributed by atoms with Gasteiger partial charge < -0.3 is 0 Å². The zero-order valence-electron chi connectivity index (χ0n) is 25.6. The zero-order chi connectivity index (χ0) is 26.9. The third-order valence-corrected chi connectivity index (χ3v) is 8.26. The molecule has 0 aliphatic rings. The number of hydrogen-bond donors (Lipinski definition) is 0. The van der Waals surface area contributed by atoms with Crippen molar-refractivity contribution in [1.82, 2.24) is 4.57 Å². The summed E-state index contributed by atoms with van der Waals surface area (Å²) in [6.07, 6.45) is 37.1. The second-order valence-corrected chi connectivity index (χ2v) is 11.8. The van der Waals surface area contributed by atoms with Crippen molar-refractivity contribution in [3.63, 3.8) is 0 Å². The molecule has 0 aliphatic heterocycles. The average Bonchev–Trinajstić information content (AvgIpc) is 3.35. The van der Waals surface area contributed by atoms with Crippen LogP contribution in [0.1, 0.15) is 162 Å². The summed E-state index contributed by atoms with van der Waals surface area (Å²) in [7, 11) is 0. The number of hydrogen-bond acceptors (Lipinski definition) is 0. The largest absolute Gasteiger partial charge is 0.288 e. The van der Waals surface area contributed by atoms with Crippen LogP contribution in [0.2, 0.25) is 0 Å². The summed E-state index contributed by atoms with van der Waals surface area (Å²) in [4.78, 5) is 0. The zero-order valence-corrected chi connectivity index (χ0v) is 25.6. The van der Waals surface area contributed by atoms with Gasteiger partial charge in [0.15, 0.2) is 0 Å². The van der Waals surface area contributed by atoms with Crippen molar-refractivity contribution < 1.29 is 4.57 Å². The Morgan fingerprint density at radius 1 is 0.500 bits per heavy atom. The summed E-state index contributed by atoms with van der Waals surface area (Å²) in [5, 5.41) is 0. The van der Waals surface area contributed by atoms with Crippen LogP contribution < -0.4 is 4.57 Å². The third kappa shape index (κ3) is 15.1. The highest BCUT2D eigenvalue weighted by Gasteiger charge is 2.18. The standard InChI is InChI=1S/C36H63N2/c1-3-5-7-9-11-13-15-16-17-19-21-23-28-32-38-34-33-37(36(38)35-29-25-24-26-30-35)31-27-22-20-18-14-12-10-8-6-4-2/h24-26,29-30,33-34H,3-23,27-28,31-32H2,1-2H3/q+1. The van der Waals surface area contributed by atoms with E-state index in [0.717, 1.165) is 13.1 Å². The first-order valence-corrected chi connectivity index (χ1v) is 17.0. The highest BCUT2D eigenvalue weighted by molar-refractivity contribution is 5.52. The molecule has 1 aromatic carbocycles. The van der Waals surface area contributed by atoms with Crippen molar-refractivity contribution in [2.24, 2.45) is 0 Å². The summed E-state index contributed by atoms with van der Waals surface area (Å²) in [5.74, 6) is 1.40. The van der Waals surface area contributed by atoms with Crippen LogP contribution in [-0.2, 0) is 13.1 Å². The first kappa shape index (κ1) is 32.6. The SMILES string of the molecule is CCCCCCCCCCCCCCCn1cc[n+](CCCCCCCCCCCC)c1-c1ccccc1. The third-order valence-electron chi connectivity index (χ3n) is 8.26. The van der Waals surface area contributed by atoms with E-state index in [9.17, 15) is 0 Å². The summed E-state index contributed by atoms with van der Waals surface area (Å²) in [6, 6.07) is 11.1. The van der Waals surface area contributed by atoms with Crippen LogP contribution in [0.25, 0.3) is 11.4 Å². The molecule has 0 atom stereocenters. The molecule has 0 aliphatic carbocycles. The lowest BCUT2D eigenvalue weighted by atomic mass is 10.0. The Hall–Kier alpha value is -1.57. The molecule has 1 aromatic heterocycles. The van der Waals surface area contributed by atoms with Crippen molar-refractivity contribution >= 4 is 0 Å². The number of unbranched alkanes of at least 4 members (excludes halogenated alkanes) is 21. The monoisotopic (exact) mass is 523 g/mol. The van der Waals surface area contributed by atoms with E-state index in [0.29, 0.717) is 0 Å². The van der Waals surface area contributed by atoms with Gasteiger partial charge in [-0.1, -0.05) is 154 Å². The Morgan fingerprint density at radius 2 is 0.921 bits per heavy atom. The lowest BCUT2D eigenvalue weighted by molar-refractivity contribution is -0.686. The van der Waals surface area contributed by atoms with Gasteiger partial charge in [-0.2, -0.15) is 0 Å². The van der Waals surface area contributed by atoms with Crippen LogP contribution in [0, 0.1) is 0 Å². The summed E-state index contributed by atoms with van der Waals surface area (Å²) in [6.45, 7) is 6.89. The second-order valence-electron chi connectivity index (χ2n) is 11.8. The van der Waals surface area contributed by atoms with Crippen LogP contribution in [0.3, 0.4) is 0 Å². The van der Waals surface area contributed by atoms with E-state index in [-0.39, 0.29) is 0 Å². The Kier molecular flexibility index (Phi) is 20.0. The van der Waals surface area contributed by atoms with Gasteiger partial charge in [-0.25, -0.2) is 9.13 Å². The Bertz CT molecular complexity index is 763. The molecule has 1 heterocycles. The van der Waals surface area contributed by atoms with Crippen LogP contribution in [-0.4, -0.2) is 4.57 Å². The number of rotatable bonds is 26. The van der Waals surface area contributed by atoms with Crippen molar-refractivity contribution in [2.45, 2.75) is 175 Å². The molecule has 2 heteroatoms. The summed E-state index contributed by atoms with van der Waals surface area (Å²) >= 11 is 0. The van der Waals surface area contributed by atoms with Crippen molar-refractivity contribution in [2.75, 3.05) is 0 Å². The van der Waals surface area contributed by atoms with Gasteiger partial charge in [0.1, 0.15) is 12.4 Å². The maximum Gasteiger partial charge on any atom is 0.288 e. The van der Waals surface area contributed by atoms with Gasteiger partial charge >= 0.3 is 0 Å². The smallest absolute Gasteiger partial charge is 0.230 e. The number of aryl methyl sites for hydroxylation is 2. The molecule has 216 valence electrons. The van der Waals surface area contributed by atoms with Crippen LogP contribution in [0.4, 0.5) is 0 Å². The number of nitrogens with zero attached hydrogens (tertiary/aromatic N) is 2. The van der Waals surface area contributed by atoms with E-state index in [2.05, 4.69) is 65.7 Å². The summed E-state index contributed by atoms with van der Waals surface area (Å²) < 4.78 is 5.03. The molecular formula is C36H63N2+. The number of aromatic nitrogens is 2. The average molecular weight is 524 g/mol. The van der Waals surface area contributed by atoms with Crippen LogP contribution >= 0.6 is 0 Å². The quantitative estimate of drug-likeness (QED) is 0.0856. The van der Waals surface area contributed by atoms with E-state index in [1.807, 2.05) is 0 Å². The van der Waals surface area contributed by atoms with Gasteiger partial charge in [0, 0.05) is 0 Å². The number of imidazole rings is 1. The van der Waals surface area contributed by atoms with Crippen molar-refractivity contribution in [3.8, 4) is 11.4 Å². The van der Waals surface area contributed by atoms with Gasteiger partial charge in [0.25, 0.3) is 5.82 Å². The molecule has 0 amide bonds. The van der Waals surface area contributed by atoms with Gasteiger partial charge in [0.05, 0.1) is 18.7 Å². The van der Waals surface area contributed by atoms with Crippen LogP contribution in [0.5, 0.6) is 0 Å². The Labute approximate surface area is 237 Å². The van der Waals surface area contributed by atoms with Crippen LogP contribution in [0.15, 0.2) is 42.7 Å². The fourth-order valence-electron chi connectivity index (χ4n) is 5.82. The minimum absolute atomic E-state index is 1.15. The van der Waals surface area contributed by atoms with E-state index in [1.54, 1.807) is 0 Å². The fraction of sp³-hybridized carbons (Fsp3) is 0.750. The highest BCUT2D eigenvalue weighted by atomic mass is 15.1. The maximum absolute atomic E-state index is 2.52. The highest BCUT2D eigenvalue weighted by Crippen LogP contribution is 2.18. The van der Waals surface area contributed by atoms with E-state index in [1.165, 1.54) is 159 Å². The molecule has 38 heavy (non-hydrogen) atoms. The van der Waals surface area contributed by atoms with E-state index >= 15 is 0 Å². The molecule has 0 saturated carbocycles. The Morgan fingerprint density at radius 3 is 1.39 bits per heavy atom. The number of benzene rings is 1. The minimum Gasteiger partial charge on any atom is -0.230 e. The molecule has 0 N–H and O–H groups in total.